The maximum absolute atomic E-state index is 12.5. The number of fused-ring (bicyclic) bond motifs is 1. The molecule has 0 amide bonds. The zero-order chi connectivity index (χ0) is 23.2. The Morgan fingerprint density at radius 1 is 0.938 bits per heavy atom. The van der Waals surface area contributed by atoms with Crippen molar-refractivity contribution < 1.29 is 49.3 Å². The van der Waals surface area contributed by atoms with Crippen LogP contribution in [0, 0.1) is 0 Å². The minimum Gasteiger partial charge on any atom is -0.504 e. The summed E-state index contributed by atoms with van der Waals surface area (Å²) in [4.78, 5) is 23.8. The number of aliphatic hydroxyl groups excluding tert-OH is 3. The van der Waals surface area contributed by atoms with E-state index in [0.29, 0.717) is 5.56 Å². The molecule has 0 bridgehead atoms. The predicted molar refractivity (Wildman–Crippen MR) is 106 cm³/mol. The van der Waals surface area contributed by atoms with Crippen molar-refractivity contribution >= 4 is 16.9 Å². The van der Waals surface area contributed by atoms with Crippen LogP contribution in [-0.4, -0.2) is 67.3 Å². The smallest absolute Gasteiger partial charge is 0.335 e. The first-order chi connectivity index (χ1) is 15.2. The number of phenolic OH excluding ortho intramolecular Hbond substituents is 2. The van der Waals surface area contributed by atoms with Crippen molar-refractivity contribution in [1.82, 2.24) is 0 Å². The molecule has 1 saturated heterocycles. The molecule has 2 heterocycles. The van der Waals surface area contributed by atoms with Gasteiger partial charge in [0, 0.05) is 17.7 Å². The summed E-state index contributed by atoms with van der Waals surface area (Å²) in [5.41, 5.74) is -0.265. The van der Waals surface area contributed by atoms with Crippen LogP contribution in [-0.2, 0) is 9.53 Å². The second kappa shape index (κ2) is 8.13. The fraction of sp³-hybridized carbons (Fsp3) is 0.238. The zero-order valence-electron chi connectivity index (χ0n) is 16.2. The van der Waals surface area contributed by atoms with Crippen LogP contribution in [0.3, 0.4) is 0 Å². The highest BCUT2D eigenvalue weighted by Crippen LogP contribution is 2.42. The molecule has 4 rings (SSSR count). The predicted octanol–water partition coefficient (Wildman–Crippen LogP) is 0.142. The van der Waals surface area contributed by atoms with Gasteiger partial charge in [0.15, 0.2) is 23.0 Å². The lowest BCUT2D eigenvalue weighted by Crippen LogP contribution is -2.61. The molecular formula is C21H18O11. The summed E-state index contributed by atoms with van der Waals surface area (Å²) < 4.78 is 16.0. The molecule has 0 unspecified atom stereocenters. The summed E-state index contributed by atoms with van der Waals surface area (Å²) in [6.45, 7) is 0. The molecule has 1 aliphatic rings. The third-order valence-electron chi connectivity index (χ3n) is 5.05. The highest BCUT2D eigenvalue weighted by atomic mass is 16.7. The summed E-state index contributed by atoms with van der Waals surface area (Å²) in [6.07, 6.45) is -9.56. The molecule has 3 aromatic rings. The number of hydrogen-bond acceptors (Lipinski definition) is 10. The minimum absolute atomic E-state index is 0.164. The van der Waals surface area contributed by atoms with Gasteiger partial charge in [0.2, 0.25) is 12.0 Å². The molecule has 0 aliphatic carbocycles. The molecule has 5 atom stereocenters. The molecule has 0 spiro atoms. The van der Waals surface area contributed by atoms with Crippen molar-refractivity contribution in [1.29, 1.82) is 0 Å². The van der Waals surface area contributed by atoms with Gasteiger partial charge in [-0.25, -0.2) is 4.79 Å². The largest absolute Gasteiger partial charge is 0.504 e. The second-order valence-electron chi connectivity index (χ2n) is 7.14. The fourth-order valence-corrected chi connectivity index (χ4v) is 3.38. The third kappa shape index (κ3) is 3.63. The van der Waals surface area contributed by atoms with Crippen LogP contribution in [0.2, 0.25) is 0 Å². The Morgan fingerprint density at radius 2 is 1.62 bits per heavy atom. The maximum Gasteiger partial charge on any atom is 0.335 e. The Hall–Kier alpha value is -3.64. The van der Waals surface area contributed by atoms with E-state index in [1.165, 1.54) is 0 Å². The van der Waals surface area contributed by atoms with E-state index >= 15 is 0 Å². The van der Waals surface area contributed by atoms with Crippen molar-refractivity contribution in [2.45, 2.75) is 30.7 Å². The van der Waals surface area contributed by atoms with Gasteiger partial charge in [0.05, 0.1) is 0 Å². The molecule has 1 aromatic heterocycles. The summed E-state index contributed by atoms with van der Waals surface area (Å²) in [5.74, 6) is -3.76. The number of phenols is 2. The van der Waals surface area contributed by atoms with Crippen molar-refractivity contribution in [2.75, 3.05) is 0 Å². The average molecular weight is 446 g/mol. The fourth-order valence-electron chi connectivity index (χ4n) is 3.38. The Kier molecular flexibility index (Phi) is 5.48. The normalized spacial score (nSPS) is 25.5. The van der Waals surface area contributed by atoms with Crippen LogP contribution in [0.15, 0.2) is 51.7 Å². The van der Waals surface area contributed by atoms with E-state index in [2.05, 4.69) is 0 Å². The van der Waals surface area contributed by atoms with E-state index in [1.54, 1.807) is 30.3 Å². The van der Waals surface area contributed by atoms with Crippen LogP contribution >= 0.6 is 0 Å². The van der Waals surface area contributed by atoms with Crippen molar-refractivity contribution in [3.05, 3.63) is 52.7 Å². The maximum atomic E-state index is 12.5. The molecule has 2 aromatic carbocycles. The van der Waals surface area contributed by atoms with Crippen LogP contribution < -0.4 is 10.2 Å². The van der Waals surface area contributed by atoms with E-state index in [-0.39, 0.29) is 16.7 Å². The van der Waals surface area contributed by atoms with Gasteiger partial charge in [-0.15, -0.1) is 0 Å². The van der Waals surface area contributed by atoms with Crippen molar-refractivity contribution in [3.8, 4) is 28.6 Å². The third-order valence-corrected chi connectivity index (χ3v) is 5.05. The van der Waals surface area contributed by atoms with Crippen LogP contribution in [0.1, 0.15) is 0 Å². The monoisotopic (exact) mass is 446 g/mol. The lowest BCUT2D eigenvalue weighted by molar-refractivity contribution is -0.271. The standard InChI is InChI=1S/C21H18O11/c22-9-6-10(8-4-2-1-3-5-8)30-11-7-12(14(23)15(24)13(9)11)31-21-18(27)16(25)17(26)19(32-21)20(28)29/h1-7,16-19,21,23-27H,(H,28,29)/t16-,17+,18+,19+,21+/m0/s1. The quantitative estimate of drug-likeness (QED) is 0.299. The van der Waals surface area contributed by atoms with Crippen molar-refractivity contribution in [3.63, 3.8) is 0 Å². The van der Waals surface area contributed by atoms with E-state index in [0.717, 1.165) is 12.1 Å². The molecular weight excluding hydrogens is 428 g/mol. The summed E-state index contributed by atoms with van der Waals surface area (Å²) in [7, 11) is 0. The molecule has 11 heteroatoms. The van der Waals surface area contributed by atoms with Gasteiger partial charge in [0.25, 0.3) is 0 Å². The molecule has 1 fully saturated rings. The number of carbonyl (C=O) groups is 1. The average Bonchev–Trinajstić information content (AvgIpc) is 2.77. The minimum atomic E-state index is -1.94. The molecule has 32 heavy (non-hydrogen) atoms. The van der Waals surface area contributed by atoms with Gasteiger partial charge >= 0.3 is 5.97 Å². The summed E-state index contributed by atoms with van der Waals surface area (Å²) >= 11 is 0. The van der Waals surface area contributed by atoms with Gasteiger partial charge in [-0.2, -0.15) is 0 Å². The zero-order valence-corrected chi connectivity index (χ0v) is 16.2. The molecule has 1 aliphatic heterocycles. The summed E-state index contributed by atoms with van der Waals surface area (Å²) in [6, 6.07) is 10.8. The lowest BCUT2D eigenvalue weighted by Gasteiger charge is -2.38. The first kappa shape index (κ1) is 21.6. The first-order valence-electron chi connectivity index (χ1n) is 9.36. The number of rotatable bonds is 4. The number of aliphatic hydroxyl groups is 3. The highest BCUT2D eigenvalue weighted by Gasteiger charge is 2.48. The van der Waals surface area contributed by atoms with E-state index in [1.807, 2.05) is 0 Å². The number of hydrogen-bond donors (Lipinski definition) is 6. The number of carboxylic acid groups (broad SMARTS) is 1. The number of aromatic hydroxyl groups is 2. The molecule has 6 N–H and O–H groups in total. The number of ether oxygens (including phenoxy) is 2. The van der Waals surface area contributed by atoms with E-state index < -0.39 is 59.4 Å². The highest BCUT2D eigenvalue weighted by molar-refractivity contribution is 5.89. The topological polar surface area (TPSA) is 187 Å². The van der Waals surface area contributed by atoms with Gasteiger partial charge < -0.3 is 44.5 Å². The van der Waals surface area contributed by atoms with Gasteiger partial charge in [0.1, 0.15) is 35.0 Å². The molecule has 11 nitrogen and oxygen atoms in total. The van der Waals surface area contributed by atoms with Gasteiger partial charge in [-0.3, -0.25) is 4.79 Å². The molecule has 0 saturated carbocycles. The lowest BCUT2D eigenvalue weighted by atomic mass is 9.99. The van der Waals surface area contributed by atoms with Crippen LogP contribution in [0.4, 0.5) is 0 Å². The van der Waals surface area contributed by atoms with Crippen molar-refractivity contribution in [2.24, 2.45) is 0 Å². The second-order valence-corrected chi connectivity index (χ2v) is 7.14. The summed E-state index contributed by atoms with van der Waals surface area (Å²) in [5, 5.41) is 59.2. The van der Waals surface area contributed by atoms with Crippen LogP contribution in [0.25, 0.3) is 22.3 Å². The molecule has 168 valence electrons. The van der Waals surface area contributed by atoms with Gasteiger partial charge in [-0.1, -0.05) is 30.3 Å². The van der Waals surface area contributed by atoms with E-state index in [4.69, 9.17) is 19.0 Å². The van der Waals surface area contributed by atoms with Crippen LogP contribution in [0.5, 0.6) is 17.2 Å². The first-order valence-corrected chi connectivity index (χ1v) is 9.36. The number of benzene rings is 2. The Bertz CT molecular complexity index is 1220. The van der Waals surface area contributed by atoms with E-state index in [9.17, 15) is 35.1 Å². The Labute approximate surface area is 178 Å². The Balaban J connectivity index is 1.77. The number of carboxylic acids is 1. The Morgan fingerprint density at radius 3 is 2.28 bits per heavy atom. The molecule has 0 radical (unpaired) electrons. The van der Waals surface area contributed by atoms with Gasteiger partial charge in [-0.05, 0) is 0 Å². The number of aliphatic carboxylic acids is 1. The SMILES string of the molecule is O=C(O)[C@@H]1O[C@@H](Oc2cc3oc(-c4ccccc4)cc(=O)c3c(O)c2O)[C@H](O)[C@@H](O)[C@H]1O.